The van der Waals surface area contributed by atoms with Crippen LogP contribution < -0.4 is 10.6 Å². The molecule has 1 heterocycles. The summed E-state index contributed by atoms with van der Waals surface area (Å²) in [5, 5.41) is 6.29. The summed E-state index contributed by atoms with van der Waals surface area (Å²) in [5.41, 5.74) is 2.05. The van der Waals surface area contributed by atoms with E-state index in [1.54, 1.807) is 0 Å². The van der Waals surface area contributed by atoms with E-state index >= 15 is 0 Å². The molecule has 0 bridgehead atoms. The van der Waals surface area contributed by atoms with Gasteiger partial charge in [-0.05, 0) is 72.7 Å². The van der Waals surface area contributed by atoms with Gasteiger partial charge in [-0.2, -0.15) is 0 Å². The molecule has 2 rings (SSSR count). The van der Waals surface area contributed by atoms with E-state index in [0.29, 0.717) is 0 Å². The van der Waals surface area contributed by atoms with Crippen LogP contribution >= 0.6 is 22.6 Å². The van der Waals surface area contributed by atoms with E-state index in [9.17, 15) is 4.79 Å². The van der Waals surface area contributed by atoms with Gasteiger partial charge in [-0.25, -0.2) is 0 Å². The van der Waals surface area contributed by atoms with Crippen molar-refractivity contribution in [1.82, 2.24) is 5.32 Å². The van der Waals surface area contributed by atoms with Crippen LogP contribution in [0.5, 0.6) is 0 Å². The average Bonchev–Trinajstić information content (AvgIpc) is 2.34. The number of benzene rings is 1. The predicted molar refractivity (Wildman–Crippen MR) is 78.1 cm³/mol. The third-order valence-electron chi connectivity index (χ3n) is 3.11. The highest BCUT2D eigenvalue weighted by Gasteiger charge is 2.21. The molecule has 0 aliphatic carbocycles. The van der Waals surface area contributed by atoms with Crippen molar-refractivity contribution in [3.63, 3.8) is 0 Å². The van der Waals surface area contributed by atoms with Gasteiger partial charge in [0.15, 0.2) is 0 Å². The highest BCUT2D eigenvalue weighted by atomic mass is 127. The average molecular weight is 344 g/mol. The largest absolute Gasteiger partial charge is 0.326 e. The van der Waals surface area contributed by atoms with E-state index in [-0.39, 0.29) is 11.8 Å². The first-order chi connectivity index (χ1) is 8.16. The minimum Gasteiger partial charge on any atom is -0.326 e. The molecular formula is C13H17IN2O. The van der Waals surface area contributed by atoms with Crippen molar-refractivity contribution in [3.05, 3.63) is 27.3 Å². The number of piperidine rings is 1. The number of nitrogens with one attached hydrogen (secondary N) is 2. The zero-order valence-electron chi connectivity index (χ0n) is 9.92. The fraction of sp³-hybridized carbons (Fsp3) is 0.462. The lowest BCUT2D eigenvalue weighted by Crippen LogP contribution is -2.37. The molecule has 1 fully saturated rings. The summed E-state index contributed by atoms with van der Waals surface area (Å²) in [5.74, 6) is 0.254. The first kappa shape index (κ1) is 12.8. The van der Waals surface area contributed by atoms with E-state index in [1.165, 1.54) is 3.57 Å². The first-order valence-corrected chi connectivity index (χ1v) is 7.02. The number of carbonyl (C=O) groups is 1. The lowest BCUT2D eigenvalue weighted by molar-refractivity contribution is -0.120. The molecule has 0 spiro atoms. The van der Waals surface area contributed by atoms with Crippen molar-refractivity contribution < 1.29 is 4.79 Å². The second-order valence-corrected chi connectivity index (χ2v) is 5.74. The number of carbonyl (C=O) groups excluding carboxylic acids is 1. The molecule has 0 saturated carbocycles. The Labute approximate surface area is 116 Å². The quantitative estimate of drug-likeness (QED) is 0.810. The number of anilines is 1. The standard InChI is InChI=1S/C13H17IN2O/c1-9-7-11(14)4-5-12(9)16-13(17)10-3-2-6-15-8-10/h4-5,7,10,15H,2-3,6,8H2,1H3,(H,16,17). The van der Waals surface area contributed by atoms with E-state index in [1.807, 2.05) is 19.1 Å². The Morgan fingerprint density at radius 1 is 1.53 bits per heavy atom. The molecule has 1 saturated heterocycles. The van der Waals surface area contributed by atoms with Crippen LogP contribution in [0.3, 0.4) is 0 Å². The molecule has 2 N–H and O–H groups in total. The molecule has 1 aromatic rings. The molecule has 0 aromatic heterocycles. The van der Waals surface area contributed by atoms with Crippen LogP contribution in [0, 0.1) is 16.4 Å². The molecule has 1 aliphatic heterocycles. The van der Waals surface area contributed by atoms with Crippen molar-refractivity contribution in [2.75, 3.05) is 18.4 Å². The van der Waals surface area contributed by atoms with Crippen LogP contribution in [0.1, 0.15) is 18.4 Å². The maximum Gasteiger partial charge on any atom is 0.228 e. The molecule has 0 radical (unpaired) electrons. The summed E-state index contributed by atoms with van der Waals surface area (Å²) >= 11 is 2.28. The maximum atomic E-state index is 12.1. The monoisotopic (exact) mass is 344 g/mol. The fourth-order valence-corrected chi connectivity index (χ4v) is 2.72. The van der Waals surface area contributed by atoms with Gasteiger partial charge >= 0.3 is 0 Å². The van der Waals surface area contributed by atoms with Gasteiger partial charge in [-0.3, -0.25) is 4.79 Å². The van der Waals surface area contributed by atoms with Gasteiger partial charge in [0, 0.05) is 15.8 Å². The summed E-state index contributed by atoms with van der Waals surface area (Å²) < 4.78 is 1.19. The predicted octanol–water partition coefficient (Wildman–Crippen LogP) is 2.54. The molecule has 4 heteroatoms. The summed E-state index contributed by atoms with van der Waals surface area (Å²) in [6, 6.07) is 6.07. The summed E-state index contributed by atoms with van der Waals surface area (Å²) in [7, 11) is 0. The number of halogens is 1. The van der Waals surface area contributed by atoms with E-state index < -0.39 is 0 Å². The number of aryl methyl sites for hydroxylation is 1. The molecule has 1 amide bonds. The number of rotatable bonds is 2. The van der Waals surface area contributed by atoms with Gasteiger partial charge in [0.1, 0.15) is 0 Å². The number of hydrogen-bond acceptors (Lipinski definition) is 2. The van der Waals surface area contributed by atoms with Gasteiger partial charge in [-0.1, -0.05) is 0 Å². The Morgan fingerprint density at radius 2 is 2.35 bits per heavy atom. The second kappa shape index (κ2) is 5.82. The minimum absolute atomic E-state index is 0.113. The van der Waals surface area contributed by atoms with E-state index in [4.69, 9.17) is 0 Å². The highest BCUT2D eigenvalue weighted by molar-refractivity contribution is 14.1. The highest BCUT2D eigenvalue weighted by Crippen LogP contribution is 2.19. The number of hydrogen-bond donors (Lipinski definition) is 2. The fourth-order valence-electron chi connectivity index (χ4n) is 2.08. The third kappa shape index (κ3) is 3.42. The minimum atomic E-state index is 0.113. The Hall–Kier alpha value is -0.620. The molecule has 1 atom stereocenters. The third-order valence-corrected chi connectivity index (χ3v) is 3.78. The van der Waals surface area contributed by atoms with Gasteiger partial charge in [0.05, 0.1) is 5.92 Å². The van der Waals surface area contributed by atoms with Crippen molar-refractivity contribution in [2.24, 2.45) is 5.92 Å². The normalized spacial score (nSPS) is 20.0. The van der Waals surface area contributed by atoms with E-state index in [0.717, 1.165) is 37.2 Å². The zero-order valence-corrected chi connectivity index (χ0v) is 12.1. The van der Waals surface area contributed by atoms with Crippen molar-refractivity contribution in [1.29, 1.82) is 0 Å². The van der Waals surface area contributed by atoms with Gasteiger partial charge in [0.25, 0.3) is 0 Å². The Bertz CT molecular complexity index is 414. The van der Waals surface area contributed by atoms with Crippen LogP contribution in [-0.2, 0) is 4.79 Å². The van der Waals surface area contributed by atoms with Crippen molar-refractivity contribution in [3.8, 4) is 0 Å². The molecule has 17 heavy (non-hydrogen) atoms. The molecule has 92 valence electrons. The maximum absolute atomic E-state index is 12.1. The first-order valence-electron chi connectivity index (χ1n) is 5.94. The number of amides is 1. The van der Waals surface area contributed by atoms with Gasteiger partial charge in [-0.15, -0.1) is 0 Å². The van der Waals surface area contributed by atoms with Crippen molar-refractivity contribution >= 4 is 34.2 Å². The topological polar surface area (TPSA) is 41.1 Å². The summed E-state index contributed by atoms with van der Waals surface area (Å²) in [6.07, 6.45) is 2.08. The molecule has 1 unspecified atom stereocenters. The smallest absolute Gasteiger partial charge is 0.228 e. The van der Waals surface area contributed by atoms with Gasteiger partial charge < -0.3 is 10.6 Å². The van der Waals surface area contributed by atoms with Crippen LogP contribution in [0.15, 0.2) is 18.2 Å². The SMILES string of the molecule is Cc1cc(I)ccc1NC(=O)C1CCCNC1. The lowest BCUT2D eigenvalue weighted by Gasteiger charge is -2.22. The van der Waals surface area contributed by atoms with Crippen LogP contribution in [0.25, 0.3) is 0 Å². The Morgan fingerprint density at radius 3 is 3.00 bits per heavy atom. The lowest BCUT2D eigenvalue weighted by atomic mass is 9.98. The van der Waals surface area contributed by atoms with Crippen LogP contribution in [0.2, 0.25) is 0 Å². The van der Waals surface area contributed by atoms with Crippen LogP contribution in [-0.4, -0.2) is 19.0 Å². The van der Waals surface area contributed by atoms with Gasteiger partial charge in [0.2, 0.25) is 5.91 Å². The second-order valence-electron chi connectivity index (χ2n) is 4.49. The molecular weight excluding hydrogens is 327 g/mol. The van der Waals surface area contributed by atoms with E-state index in [2.05, 4.69) is 39.3 Å². The zero-order chi connectivity index (χ0) is 12.3. The summed E-state index contributed by atoms with van der Waals surface area (Å²) in [4.78, 5) is 12.1. The molecule has 1 aromatic carbocycles. The molecule has 3 nitrogen and oxygen atoms in total. The molecule has 1 aliphatic rings. The van der Waals surface area contributed by atoms with Crippen LogP contribution in [0.4, 0.5) is 5.69 Å². The Balaban J connectivity index is 2.02. The summed E-state index contributed by atoms with van der Waals surface area (Å²) in [6.45, 7) is 3.86. The Kier molecular flexibility index (Phi) is 4.39. The van der Waals surface area contributed by atoms with Crippen molar-refractivity contribution in [2.45, 2.75) is 19.8 Å².